The average Bonchev–Trinajstić information content (AvgIpc) is 2.59. The predicted octanol–water partition coefficient (Wildman–Crippen LogP) is 1.90. The molecule has 1 aromatic rings. The Morgan fingerprint density at radius 2 is 2.08 bits per heavy atom. The Morgan fingerprint density at radius 3 is 2.80 bits per heavy atom. The van der Waals surface area contributed by atoms with Crippen molar-refractivity contribution < 1.29 is 0 Å². The Kier molecular flexibility index (Phi) is 7.72. The molecule has 2 atom stereocenters. The molecular formula is C20H35N5. The third-order valence-electron chi connectivity index (χ3n) is 4.96. The van der Waals surface area contributed by atoms with Gasteiger partial charge in [-0.15, -0.1) is 0 Å². The number of rotatable bonds is 6. The predicted molar refractivity (Wildman–Crippen MR) is 107 cm³/mol. The van der Waals surface area contributed by atoms with Crippen LogP contribution in [0.3, 0.4) is 0 Å². The molecule has 25 heavy (non-hydrogen) atoms. The number of hydrogen-bond donors (Lipinski definition) is 2. The quantitative estimate of drug-likeness (QED) is 0.610. The van der Waals surface area contributed by atoms with Gasteiger partial charge in [-0.2, -0.15) is 0 Å². The van der Waals surface area contributed by atoms with E-state index in [1.807, 2.05) is 0 Å². The van der Waals surface area contributed by atoms with Gasteiger partial charge in [0.2, 0.25) is 0 Å². The fourth-order valence-electron chi connectivity index (χ4n) is 3.19. The summed E-state index contributed by atoms with van der Waals surface area (Å²) in [6, 6.07) is 9.25. The molecule has 5 nitrogen and oxygen atoms in total. The number of aliphatic imine (C=N–C) groups is 1. The smallest absolute Gasteiger partial charge is 0.191 e. The van der Waals surface area contributed by atoms with E-state index in [1.165, 1.54) is 11.1 Å². The van der Waals surface area contributed by atoms with Crippen LogP contribution in [-0.2, 0) is 0 Å². The molecule has 0 aromatic heterocycles. The average molecular weight is 346 g/mol. The van der Waals surface area contributed by atoms with Crippen LogP contribution in [0.5, 0.6) is 0 Å². The number of aryl methyl sites for hydroxylation is 1. The summed E-state index contributed by atoms with van der Waals surface area (Å²) in [6.45, 7) is 12.5. The third-order valence-corrected chi connectivity index (χ3v) is 4.96. The van der Waals surface area contributed by atoms with Crippen LogP contribution in [0.2, 0.25) is 0 Å². The first-order chi connectivity index (χ1) is 12.0. The van der Waals surface area contributed by atoms with Gasteiger partial charge >= 0.3 is 0 Å². The fourth-order valence-corrected chi connectivity index (χ4v) is 3.19. The lowest BCUT2D eigenvalue weighted by Gasteiger charge is -2.38. The van der Waals surface area contributed by atoms with E-state index in [0.29, 0.717) is 12.0 Å². The molecule has 1 fully saturated rings. The van der Waals surface area contributed by atoms with Crippen molar-refractivity contribution in [3.05, 3.63) is 35.4 Å². The minimum atomic E-state index is 0.416. The molecule has 1 aliphatic rings. The van der Waals surface area contributed by atoms with Gasteiger partial charge < -0.3 is 15.5 Å². The molecule has 0 saturated carbocycles. The minimum absolute atomic E-state index is 0.416. The van der Waals surface area contributed by atoms with Crippen LogP contribution in [0.4, 0.5) is 0 Å². The van der Waals surface area contributed by atoms with Gasteiger partial charge in [0.25, 0.3) is 0 Å². The lowest BCUT2D eigenvalue weighted by Crippen LogP contribution is -2.55. The summed E-state index contributed by atoms with van der Waals surface area (Å²) >= 11 is 0. The fraction of sp³-hybridized carbons (Fsp3) is 0.650. The molecule has 1 aromatic carbocycles. The van der Waals surface area contributed by atoms with Crippen molar-refractivity contribution in [2.24, 2.45) is 4.99 Å². The van der Waals surface area contributed by atoms with Crippen molar-refractivity contribution >= 4 is 5.96 Å². The Labute approximate surface area is 153 Å². The Balaban J connectivity index is 1.91. The zero-order chi connectivity index (χ0) is 18.2. The Bertz CT molecular complexity index is 557. The molecule has 0 spiro atoms. The molecule has 0 bridgehead atoms. The molecule has 1 aliphatic heterocycles. The summed E-state index contributed by atoms with van der Waals surface area (Å²) in [5.74, 6) is 1.34. The molecule has 2 unspecified atom stereocenters. The highest BCUT2D eigenvalue weighted by molar-refractivity contribution is 5.79. The molecule has 5 heteroatoms. The van der Waals surface area contributed by atoms with Gasteiger partial charge in [-0.3, -0.25) is 9.89 Å². The molecular weight excluding hydrogens is 310 g/mol. The number of hydrogen-bond acceptors (Lipinski definition) is 3. The maximum absolute atomic E-state index is 4.81. The van der Waals surface area contributed by atoms with Crippen LogP contribution >= 0.6 is 0 Å². The van der Waals surface area contributed by atoms with E-state index in [0.717, 1.165) is 45.2 Å². The topological polar surface area (TPSA) is 42.9 Å². The van der Waals surface area contributed by atoms with Crippen molar-refractivity contribution in [3.63, 3.8) is 0 Å². The highest BCUT2D eigenvalue weighted by atomic mass is 15.3. The second kappa shape index (κ2) is 9.78. The van der Waals surface area contributed by atoms with E-state index >= 15 is 0 Å². The monoisotopic (exact) mass is 345 g/mol. The molecule has 0 radical (unpaired) electrons. The van der Waals surface area contributed by atoms with E-state index in [2.05, 4.69) is 79.6 Å². The highest BCUT2D eigenvalue weighted by Gasteiger charge is 2.22. The van der Waals surface area contributed by atoms with Gasteiger partial charge in [0.05, 0.1) is 0 Å². The van der Waals surface area contributed by atoms with E-state index in [1.54, 1.807) is 0 Å². The van der Waals surface area contributed by atoms with Crippen LogP contribution in [-0.4, -0.2) is 75.2 Å². The first kappa shape index (κ1) is 19.7. The molecule has 2 rings (SSSR count). The number of benzene rings is 1. The normalized spacial score (nSPS) is 21.2. The van der Waals surface area contributed by atoms with Crippen molar-refractivity contribution in [1.29, 1.82) is 0 Å². The minimum Gasteiger partial charge on any atom is -0.357 e. The van der Waals surface area contributed by atoms with Gasteiger partial charge in [0.1, 0.15) is 0 Å². The molecule has 0 aliphatic carbocycles. The van der Waals surface area contributed by atoms with Gasteiger partial charge in [-0.05, 0) is 33.5 Å². The standard InChI is InChI=1S/C20H35N5/c1-6-21-20(23-14-19-15-24(4)10-11-25(19)5)22-13-17(3)18-9-7-8-16(2)12-18/h7-9,12,17,19H,6,10-11,13-15H2,1-5H3,(H2,21,22,23). The second-order valence-corrected chi connectivity index (χ2v) is 7.31. The van der Waals surface area contributed by atoms with Crippen LogP contribution in [0.25, 0.3) is 0 Å². The van der Waals surface area contributed by atoms with Crippen molar-refractivity contribution in [2.75, 3.05) is 53.4 Å². The molecule has 2 N–H and O–H groups in total. The first-order valence-electron chi connectivity index (χ1n) is 9.47. The SMILES string of the molecule is CCNC(=NCC(C)c1cccc(C)c1)NCC1CN(C)CCN1C. The van der Waals surface area contributed by atoms with Crippen LogP contribution in [0, 0.1) is 6.92 Å². The van der Waals surface area contributed by atoms with Crippen LogP contribution < -0.4 is 10.6 Å². The lowest BCUT2D eigenvalue weighted by atomic mass is 10.00. The summed E-state index contributed by atoms with van der Waals surface area (Å²) in [5, 5.41) is 6.90. The van der Waals surface area contributed by atoms with E-state index in [-0.39, 0.29) is 0 Å². The van der Waals surface area contributed by atoms with Gasteiger partial charge in [-0.1, -0.05) is 36.8 Å². The second-order valence-electron chi connectivity index (χ2n) is 7.31. The highest BCUT2D eigenvalue weighted by Crippen LogP contribution is 2.16. The van der Waals surface area contributed by atoms with Gasteiger partial charge in [0.15, 0.2) is 5.96 Å². The molecule has 1 saturated heterocycles. The van der Waals surface area contributed by atoms with E-state index < -0.39 is 0 Å². The first-order valence-corrected chi connectivity index (χ1v) is 9.47. The number of piperazine rings is 1. The van der Waals surface area contributed by atoms with Crippen LogP contribution in [0.15, 0.2) is 29.3 Å². The van der Waals surface area contributed by atoms with Gasteiger partial charge in [-0.25, -0.2) is 0 Å². The third kappa shape index (κ3) is 6.33. The summed E-state index contributed by atoms with van der Waals surface area (Å²) in [6.07, 6.45) is 0. The van der Waals surface area contributed by atoms with Crippen LogP contribution in [0.1, 0.15) is 30.9 Å². The molecule has 140 valence electrons. The number of likely N-dealkylation sites (N-methyl/N-ethyl adjacent to an activating group) is 2. The summed E-state index contributed by atoms with van der Waals surface area (Å²) in [4.78, 5) is 9.65. The zero-order valence-electron chi connectivity index (χ0n) is 16.5. The number of nitrogens with one attached hydrogen (secondary N) is 2. The van der Waals surface area contributed by atoms with Crippen molar-refractivity contribution in [1.82, 2.24) is 20.4 Å². The van der Waals surface area contributed by atoms with E-state index in [9.17, 15) is 0 Å². The maximum Gasteiger partial charge on any atom is 0.191 e. The number of nitrogens with zero attached hydrogens (tertiary/aromatic N) is 3. The van der Waals surface area contributed by atoms with Crippen molar-refractivity contribution in [2.45, 2.75) is 32.7 Å². The molecule has 0 amide bonds. The van der Waals surface area contributed by atoms with E-state index in [4.69, 9.17) is 4.99 Å². The zero-order valence-corrected chi connectivity index (χ0v) is 16.5. The largest absolute Gasteiger partial charge is 0.357 e. The maximum atomic E-state index is 4.81. The lowest BCUT2D eigenvalue weighted by molar-refractivity contribution is 0.116. The summed E-state index contributed by atoms with van der Waals surface area (Å²) in [5.41, 5.74) is 2.66. The van der Waals surface area contributed by atoms with Crippen molar-refractivity contribution in [3.8, 4) is 0 Å². The number of guanidine groups is 1. The Hall–Kier alpha value is -1.59. The summed E-state index contributed by atoms with van der Waals surface area (Å²) in [7, 11) is 4.41. The summed E-state index contributed by atoms with van der Waals surface area (Å²) < 4.78 is 0. The molecule has 1 heterocycles. The Morgan fingerprint density at radius 1 is 1.28 bits per heavy atom. The van der Waals surface area contributed by atoms with Gasteiger partial charge in [0, 0.05) is 51.2 Å².